The van der Waals surface area contributed by atoms with Crippen LogP contribution in [0.3, 0.4) is 0 Å². The van der Waals surface area contributed by atoms with Gasteiger partial charge in [-0.15, -0.1) is 0 Å². The van der Waals surface area contributed by atoms with Gasteiger partial charge in [0.1, 0.15) is 0 Å². The zero-order valence-corrected chi connectivity index (χ0v) is 13.1. The quantitative estimate of drug-likeness (QED) is 0.647. The Kier molecular flexibility index (Phi) is 3.97. The molecular formula is C16H23BrN2. The highest BCUT2D eigenvalue weighted by Gasteiger charge is 2.40. The average molecular weight is 323 g/mol. The highest BCUT2D eigenvalue weighted by molar-refractivity contribution is 9.10. The summed E-state index contributed by atoms with van der Waals surface area (Å²) in [6.07, 6.45) is 7.01. The summed E-state index contributed by atoms with van der Waals surface area (Å²) >= 11 is 3.57. The third kappa shape index (κ3) is 2.74. The summed E-state index contributed by atoms with van der Waals surface area (Å²) in [6.45, 7) is 2.17. The fraction of sp³-hybridized carbons (Fsp3) is 0.625. The summed E-state index contributed by atoms with van der Waals surface area (Å²) in [5, 5.41) is 0. The molecule has 2 fully saturated rings. The maximum atomic E-state index is 5.83. The molecule has 4 unspecified atom stereocenters. The van der Waals surface area contributed by atoms with Crippen LogP contribution in [0.15, 0.2) is 22.7 Å². The molecule has 3 rings (SSSR count). The first-order valence-electron chi connectivity index (χ1n) is 7.39. The molecule has 19 heavy (non-hydrogen) atoms. The lowest BCUT2D eigenvalue weighted by Gasteiger charge is -2.27. The second-order valence-electron chi connectivity index (χ2n) is 6.39. The monoisotopic (exact) mass is 322 g/mol. The van der Waals surface area contributed by atoms with E-state index in [0.717, 1.165) is 22.2 Å². The van der Waals surface area contributed by atoms with Crippen molar-refractivity contribution in [3.05, 3.63) is 33.8 Å². The van der Waals surface area contributed by atoms with E-state index < -0.39 is 0 Å². The van der Waals surface area contributed by atoms with Gasteiger partial charge in [0, 0.05) is 10.5 Å². The van der Waals surface area contributed by atoms with E-state index in [4.69, 9.17) is 5.84 Å². The normalized spacial score (nSPS) is 30.8. The number of aryl methyl sites for hydroxylation is 1. The minimum Gasteiger partial charge on any atom is -0.271 e. The Balaban J connectivity index is 1.75. The van der Waals surface area contributed by atoms with Gasteiger partial charge in [-0.2, -0.15) is 0 Å². The molecule has 0 radical (unpaired) electrons. The molecule has 0 aromatic heterocycles. The van der Waals surface area contributed by atoms with E-state index in [2.05, 4.69) is 46.5 Å². The molecule has 2 bridgehead atoms. The van der Waals surface area contributed by atoms with E-state index in [1.165, 1.54) is 43.2 Å². The van der Waals surface area contributed by atoms with Crippen LogP contribution in [0.1, 0.15) is 49.3 Å². The van der Waals surface area contributed by atoms with Crippen LogP contribution in [0.5, 0.6) is 0 Å². The Hall–Kier alpha value is -0.380. The van der Waals surface area contributed by atoms with E-state index in [0.29, 0.717) is 6.04 Å². The summed E-state index contributed by atoms with van der Waals surface area (Å²) in [5.41, 5.74) is 5.73. The molecule has 0 heterocycles. The van der Waals surface area contributed by atoms with E-state index in [1.807, 2.05) is 0 Å². The Labute approximate surface area is 124 Å². The minimum absolute atomic E-state index is 0.293. The molecule has 3 N–H and O–H groups in total. The number of halogens is 1. The zero-order valence-electron chi connectivity index (χ0n) is 11.5. The predicted molar refractivity (Wildman–Crippen MR) is 82.5 cm³/mol. The number of benzene rings is 1. The van der Waals surface area contributed by atoms with Gasteiger partial charge in [0.25, 0.3) is 0 Å². The lowest BCUT2D eigenvalue weighted by Crippen LogP contribution is -2.31. The molecule has 3 heteroatoms. The van der Waals surface area contributed by atoms with Crippen molar-refractivity contribution < 1.29 is 0 Å². The van der Waals surface area contributed by atoms with Gasteiger partial charge in [-0.1, -0.05) is 28.4 Å². The van der Waals surface area contributed by atoms with Crippen LogP contribution in [0.4, 0.5) is 0 Å². The number of hydrazine groups is 1. The lowest BCUT2D eigenvalue weighted by molar-refractivity contribution is 0.280. The number of fused-ring (bicyclic) bond motifs is 2. The second kappa shape index (κ2) is 5.55. The third-order valence-electron chi connectivity index (χ3n) is 5.24. The smallest absolute Gasteiger partial charge is 0.0465 e. The van der Waals surface area contributed by atoms with Gasteiger partial charge in [-0.25, -0.2) is 0 Å². The van der Waals surface area contributed by atoms with Gasteiger partial charge in [-0.05, 0) is 73.6 Å². The predicted octanol–water partition coefficient (Wildman–Crippen LogP) is 4.09. The minimum atomic E-state index is 0.293. The molecule has 2 nitrogen and oxygen atoms in total. The second-order valence-corrected chi connectivity index (χ2v) is 7.31. The standard InChI is InChI=1S/C16H23BrN2/c1-10-2-5-14(17)9-15(10)16(19-18)8-13-7-11-3-4-12(13)6-11/h2,5,9,11-13,16,19H,3-4,6-8,18H2,1H3. The lowest BCUT2D eigenvalue weighted by atomic mass is 9.82. The van der Waals surface area contributed by atoms with Crippen molar-refractivity contribution in [3.63, 3.8) is 0 Å². The number of hydrogen-bond acceptors (Lipinski definition) is 2. The van der Waals surface area contributed by atoms with Crippen LogP contribution in [0.25, 0.3) is 0 Å². The van der Waals surface area contributed by atoms with E-state index in [-0.39, 0.29) is 0 Å². The molecule has 0 aliphatic heterocycles. The molecule has 2 saturated carbocycles. The number of hydrogen-bond donors (Lipinski definition) is 2. The first-order valence-corrected chi connectivity index (χ1v) is 8.19. The first kappa shape index (κ1) is 13.6. The van der Waals surface area contributed by atoms with Crippen molar-refractivity contribution in [2.75, 3.05) is 0 Å². The van der Waals surface area contributed by atoms with Crippen LogP contribution in [-0.2, 0) is 0 Å². The Morgan fingerprint density at radius 3 is 2.84 bits per heavy atom. The van der Waals surface area contributed by atoms with Gasteiger partial charge in [0.15, 0.2) is 0 Å². The van der Waals surface area contributed by atoms with E-state index in [1.54, 1.807) is 0 Å². The summed E-state index contributed by atoms with van der Waals surface area (Å²) in [5.74, 6) is 8.69. The maximum absolute atomic E-state index is 5.83. The fourth-order valence-corrected chi connectivity index (χ4v) is 4.62. The molecule has 104 valence electrons. The summed E-state index contributed by atoms with van der Waals surface area (Å²) in [4.78, 5) is 0. The number of rotatable bonds is 4. The number of nitrogens with two attached hydrogens (primary N) is 1. The van der Waals surface area contributed by atoms with Crippen molar-refractivity contribution in [1.82, 2.24) is 5.43 Å². The summed E-state index contributed by atoms with van der Waals surface area (Å²) < 4.78 is 1.14. The highest BCUT2D eigenvalue weighted by Crippen LogP contribution is 2.51. The summed E-state index contributed by atoms with van der Waals surface area (Å²) in [6, 6.07) is 6.78. The average Bonchev–Trinajstić information content (AvgIpc) is 3.01. The maximum Gasteiger partial charge on any atom is 0.0465 e. The van der Waals surface area contributed by atoms with Crippen LogP contribution in [0.2, 0.25) is 0 Å². The molecule has 0 saturated heterocycles. The van der Waals surface area contributed by atoms with E-state index in [9.17, 15) is 0 Å². The van der Waals surface area contributed by atoms with Gasteiger partial charge >= 0.3 is 0 Å². The van der Waals surface area contributed by atoms with Crippen LogP contribution < -0.4 is 11.3 Å². The van der Waals surface area contributed by atoms with Crippen molar-refractivity contribution in [1.29, 1.82) is 0 Å². The molecule has 1 aromatic carbocycles. The van der Waals surface area contributed by atoms with Crippen LogP contribution >= 0.6 is 15.9 Å². The molecule has 0 amide bonds. The van der Waals surface area contributed by atoms with Crippen molar-refractivity contribution >= 4 is 15.9 Å². The van der Waals surface area contributed by atoms with Crippen LogP contribution in [0, 0.1) is 24.7 Å². The largest absolute Gasteiger partial charge is 0.271 e. The van der Waals surface area contributed by atoms with Gasteiger partial charge in [0.2, 0.25) is 0 Å². The molecule has 2 aliphatic carbocycles. The van der Waals surface area contributed by atoms with Crippen molar-refractivity contribution in [2.45, 2.75) is 45.1 Å². The van der Waals surface area contributed by atoms with E-state index >= 15 is 0 Å². The molecule has 2 aliphatic rings. The topological polar surface area (TPSA) is 38.0 Å². The molecule has 0 spiro atoms. The van der Waals surface area contributed by atoms with Crippen LogP contribution in [-0.4, -0.2) is 0 Å². The fourth-order valence-electron chi connectivity index (χ4n) is 4.24. The molecule has 1 aromatic rings. The molecular weight excluding hydrogens is 300 g/mol. The van der Waals surface area contributed by atoms with Gasteiger partial charge in [-0.3, -0.25) is 11.3 Å². The zero-order chi connectivity index (χ0) is 13.4. The van der Waals surface area contributed by atoms with Crippen molar-refractivity contribution in [3.8, 4) is 0 Å². The summed E-state index contributed by atoms with van der Waals surface area (Å²) in [7, 11) is 0. The SMILES string of the molecule is Cc1ccc(Br)cc1C(CC1CC2CCC1C2)NN. The molecule has 4 atom stereocenters. The highest BCUT2D eigenvalue weighted by atomic mass is 79.9. The Morgan fingerprint density at radius 1 is 1.37 bits per heavy atom. The number of nitrogens with one attached hydrogen (secondary N) is 1. The Bertz CT molecular complexity index is 460. The Morgan fingerprint density at radius 2 is 2.21 bits per heavy atom. The van der Waals surface area contributed by atoms with Gasteiger partial charge in [0.05, 0.1) is 0 Å². The first-order chi connectivity index (χ1) is 9.17. The third-order valence-corrected chi connectivity index (χ3v) is 5.73. The van der Waals surface area contributed by atoms with Gasteiger partial charge < -0.3 is 0 Å². The van der Waals surface area contributed by atoms with Crippen molar-refractivity contribution in [2.24, 2.45) is 23.6 Å².